The SMILES string of the molecule is CC1(C)CCC(CC2(Cc3ccccc3)CNC2)O1. The molecule has 2 saturated heterocycles. The lowest BCUT2D eigenvalue weighted by molar-refractivity contribution is -0.0437. The molecule has 0 radical (unpaired) electrons. The van der Waals surface area contributed by atoms with Crippen molar-refractivity contribution >= 4 is 0 Å². The van der Waals surface area contributed by atoms with Crippen LogP contribution >= 0.6 is 0 Å². The maximum absolute atomic E-state index is 6.19. The first-order chi connectivity index (χ1) is 9.07. The van der Waals surface area contributed by atoms with Gasteiger partial charge in [0.15, 0.2) is 0 Å². The summed E-state index contributed by atoms with van der Waals surface area (Å²) in [5.41, 5.74) is 1.98. The van der Waals surface area contributed by atoms with Crippen LogP contribution in [-0.4, -0.2) is 24.8 Å². The Kier molecular flexibility index (Phi) is 3.40. The molecule has 0 spiro atoms. The van der Waals surface area contributed by atoms with Crippen molar-refractivity contribution in [1.82, 2.24) is 5.32 Å². The summed E-state index contributed by atoms with van der Waals surface area (Å²) in [7, 11) is 0. The summed E-state index contributed by atoms with van der Waals surface area (Å²) in [6.45, 7) is 6.72. The largest absolute Gasteiger partial charge is 0.372 e. The minimum atomic E-state index is 0.0930. The quantitative estimate of drug-likeness (QED) is 0.897. The summed E-state index contributed by atoms with van der Waals surface area (Å²) in [6.07, 6.45) is 5.27. The second kappa shape index (κ2) is 4.92. The Balaban J connectivity index is 1.64. The minimum Gasteiger partial charge on any atom is -0.372 e. The average Bonchev–Trinajstić information content (AvgIpc) is 2.67. The van der Waals surface area contributed by atoms with Gasteiger partial charge in [-0.15, -0.1) is 0 Å². The molecule has 2 fully saturated rings. The van der Waals surface area contributed by atoms with Crippen LogP contribution in [0.1, 0.15) is 38.7 Å². The van der Waals surface area contributed by atoms with Gasteiger partial charge in [-0.2, -0.15) is 0 Å². The summed E-state index contributed by atoms with van der Waals surface area (Å²) in [4.78, 5) is 0. The van der Waals surface area contributed by atoms with Crippen molar-refractivity contribution in [2.45, 2.75) is 51.2 Å². The maximum atomic E-state index is 6.19. The van der Waals surface area contributed by atoms with Gasteiger partial charge in [-0.25, -0.2) is 0 Å². The van der Waals surface area contributed by atoms with E-state index in [1.54, 1.807) is 0 Å². The highest BCUT2D eigenvalue weighted by Gasteiger charge is 2.42. The first kappa shape index (κ1) is 13.1. The van der Waals surface area contributed by atoms with E-state index >= 15 is 0 Å². The minimum absolute atomic E-state index is 0.0930. The average molecular weight is 259 g/mol. The summed E-state index contributed by atoms with van der Waals surface area (Å²) < 4.78 is 6.19. The van der Waals surface area contributed by atoms with Gasteiger partial charge in [-0.3, -0.25) is 0 Å². The molecule has 2 aliphatic heterocycles. The van der Waals surface area contributed by atoms with Crippen molar-refractivity contribution in [3.8, 4) is 0 Å². The normalized spacial score (nSPS) is 28.0. The molecule has 3 rings (SSSR count). The molecular formula is C17H25NO. The van der Waals surface area contributed by atoms with E-state index in [1.165, 1.54) is 31.2 Å². The molecule has 1 atom stereocenters. The fraction of sp³-hybridized carbons (Fsp3) is 0.647. The molecule has 1 N–H and O–H groups in total. The van der Waals surface area contributed by atoms with Crippen LogP contribution < -0.4 is 5.32 Å². The van der Waals surface area contributed by atoms with Crippen LogP contribution in [0.15, 0.2) is 30.3 Å². The van der Waals surface area contributed by atoms with E-state index < -0.39 is 0 Å². The smallest absolute Gasteiger partial charge is 0.0631 e. The zero-order valence-corrected chi connectivity index (χ0v) is 12.1. The maximum Gasteiger partial charge on any atom is 0.0631 e. The van der Waals surface area contributed by atoms with E-state index in [0.717, 1.165) is 13.1 Å². The number of benzene rings is 1. The van der Waals surface area contributed by atoms with E-state index in [4.69, 9.17) is 4.74 Å². The van der Waals surface area contributed by atoms with Gasteiger partial charge in [-0.05, 0) is 45.1 Å². The van der Waals surface area contributed by atoms with Crippen molar-refractivity contribution in [1.29, 1.82) is 0 Å². The second-order valence-corrected chi connectivity index (χ2v) is 7.01. The molecule has 0 amide bonds. The standard InChI is InChI=1S/C17H25NO/c1-16(2)9-8-15(19-16)11-17(12-18-13-17)10-14-6-4-3-5-7-14/h3-7,15,18H,8-13H2,1-2H3. The topological polar surface area (TPSA) is 21.3 Å². The predicted octanol–water partition coefficient (Wildman–Crippen LogP) is 3.17. The van der Waals surface area contributed by atoms with Crippen LogP contribution in [0, 0.1) is 5.41 Å². The second-order valence-electron chi connectivity index (χ2n) is 7.01. The molecule has 2 heterocycles. The fourth-order valence-electron chi connectivity index (χ4n) is 3.55. The van der Waals surface area contributed by atoms with Crippen molar-refractivity contribution in [2.24, 2.45) is 5.41 Å². The van der Waals surface area contributed by atoms with Gasteiger partial charge in [-0.1, -0.05) is 30.3 Å². The van der Waals surface area contributed by atoms with E-state index in [0.29, 0.717) is 11.5 Å². The van der Waals surface area contributed by atoms with Crippen molar-refractivity contribution in [2.75, 3.05) is 13.1 Å². The Labute approximate surface area is 116 Å². The highest BCUT2D eigenvalue weighted by atomic mass is 16.5. The Morgan fingerprint density at radius 1 is 1.21 bits per heavy atom. The zero-order valence-electron chi connectivity index (χ0n) is 12.1. The third-order valence-electron chi connectivity index (χ3n) is 4.64. The summed E-state index contributed by atoms with van der Waals surface area (Å²) in [5, 5.41) is 3.46. The van der Waals surface area contributed by atoms with Gasteiger partial charge in [0.05, 0.1) is 11.7 Å². The highest BCUT2D eigenvalue weighted by Crippen LogP contribution is 2.39. The van der Waals surface area contributed by atoms with Gasteiger partial charge in [0.2, 0.25) is 0 Å². The molecule has 0 bridgehead atoms. The first-order valence-electron chi connectivity index (χ1n) is 7.50. The first-order valence-corrected chi connectivity index (χ1v) is 7.50. The van der Waals surface area contributed by atoms with Crippen LogP contribution in [0.5, 0.6) is 0 Å². The fourth-order valence-corrected chi connectivity index (χ4v) is 3.55. The molecular weight excluding hydrogens is 234 g/mol. The Morgan fingerprint density at radius 3 is 2.47 bits per heavy atom. The van der Waals surface area contributed by atoms with Crippen molar-refractivity contribution in [3.63, 3.8) is 0 Å². The summed E-state index contributed by atoms with van der Waals surface area (Å²) >= 11 is 0. The van der Waals surface area contributed by atoms with Gasteiger partial charge >= 0.3 is 0 Å². The lowest BCUT2D eigenvalue weighted by Crippen LogP contribution is -2.56. The van der Waals surface area contributed by atoms with Gasteiger partial charge in [0.1, 0.15) is 0 Å². The molecule has 1 unspecified atom stereocenters. The number of ether oxygens (including phenoxy) is 1. The molecule has 2 aliphatic rings. The molecule has 0 saturated carbocycles. The van der Waals surface area contributed by atoms with E-state index in [2.05, 4.69) is 49.5 Å². The van der Waals surface area contributed by atoms with E-state index in [9.17, 15) is 0 Å². The lowest BCUT2D eigenvalue weighted by Gasteiger charge is -2.44. The molecule has 104 valence electrons. The number of hydrogen-bond donors (Lipinski definition) is 1. The van der Waals surface area contributed by atoms with Gasteiger partial charge in [0.25, 0.3) is 0 Å². The third-order valence-corrected chi connectivity index (χ3v) is 4.64. The number of hydrogen-bond acceptors (Lipinski definition) is 2. The van der Waals surface area contributed by atoms with Crippen LogP contribution in [-0.2, 0) is 11.2 Å². The molecule has 2 nitrogen and oxygen atoms in total. The molecule has 0 aliphatic carbocycles. The molecule has 1 aromatic rings. The summed E-state index contributed by atoms with van der Waals surface area (Å²) in [5.74, 6) is 0. The van der Waals surface area contributed by atoms with Crippen LogP contribution in [0.25, 0.3) is 0 Å². The third kappa shape index (κ3) is 3.01. The molecule has 2 heteroatoms. The predicted molar refractivity (Wildman–Crippen MR) is 78.3 cm³/mol. The summed E-state index contributed by atoms with van der Waals surface area (Å²) in [6, 6.07) is 10.9. The van der Waals surface area contributed by atoms with E-state index in [1.807, 2.05) is 0 Å². The Bertz CT molecular complexity index is 422. The zero-order chi connectivity index (χ0) is 13.3. The van der Waals surface area contributed by atoms with Gasteiger partial charge in [0, 0.05) is 18.5 Å². The van der Waals surface area contributed by atoms with Crippen LogP contribution in [0.4, 0.5) is 0 Å². The van der Waals surface area contributed by atoms with Crippen LogP contribution in [0.3, 0.4) is 0 Å². The Hall–Kier alpha value is -0.860. The highest BCUT2D eigenvalue weighted by molar-refractivity contribution is 5.18. The number of nitrogens with one attached hydrogen (secondary N) is 1. The number of rotatable bonds is 4. The lowest BCUT2D eigenvalue weighted by atomic mass is 9.72. The van der Waals surface area contributed by atoms with Crippen LogP contribution in [0.2, 0.25) is 0 Å². The monoisotopic (exact) mass is 259 g/mol. The van der Waals surface area contributed by atoms with Crippen molar-refractivity contribution in [3.05, 3.63) is 35.9 Å². The molecule has 19 heavy (non-hydrogen) atoms. The van der Waals surface area contributed by atoms with E-state index in [-0.39, 0.29) is 5.60 Å². The Morgan fingerprint density at radius 2 is 1.95 bits per heavy atom. The van der Waals surface area contributed by atoms with Crippen molar-refractivity contribution < 1.29 is 4.74 Å². The molecule has 0 aromatic heterocycles. The molecule has 1 aromatic carbocycles. The van der Waals surface area contributed by atoms with Gasteiger partial charge < -0.3 is 10.1 Å².